The van der Waals surface area contributed by atoms with Crippen LogP contribution in [0.25, 0.3) is 0 Å². The Kier molecular flexibility index (Phi) is 2.55. The van der Waals surface area contributed by atoms with Gasteiger partial charge in [-0.2, -0.15) is 0 Å². The van der Waals surface area contributed by atoms with Gasteiger partial charge in [-0.15, -0.1) is 5.17 Å². The molecule has 0 unspecified atom stereocenters. The van der Waals surface area contributed by atoms with Crippen LogP contribution in [0.15, 0.2) is 30.4 Å². The summed E-state index contributed by atoms with van der Waals surface area (Å²) in [6.07, 6.45) is 6.40. The molecule has 1 aliphatic carbocycles. The molecule has 2 heteroatoms. The van der Waals surface area contributed by atoms with Crippen molar-refractivity contribution in [1.29, 1.82) is 0 Å². The molecule has 1 aliphatic rings. The molecule has 1 aromatic carbocycles. The first kappa shape index (κ1) is 9.28. The fourth-order valence-electron chi connectivity index (χ4n) is 1.68. The molecular weight excluding hydrogens is 188 g/mol. The topological polar surface area (TPSA) is 9.23 Å². The van der Waals surface area contributed by atoms with E-state index in [1.54, 1.807) is 7.11 Å². The first-order valence-electron chi connectivity index (χ1n) is 4.60. The van der Waals surface area contributed by atoms with Crippen LogP contribution in [0.2, 0.25) is 6.55 Å². The molecule has 0 saturated carbocycles. The third-order valence-electron chi connectivity index (χ3n) is 2.36. The van der Waals surface area contributed by atoms with E-state index in [-0.39, 0.29) is 0 Å². The second kappa shape index (κ2) is 3.84. The van der Waals surface area contributed by atoms with E-state index in [1.165, 1.54) is 16.3 Å². The number of methoxy groups -OCH3 is 1. The molecule has 0 radical (unpaired) electrons. The van der Waals surface area contributed by atoms with Crippen molar-refractivity contribution in [3.05, 3.63) is 47.9 Å². The Morgan fingerprint density at radius 2 is 2.21 bits per heavy atom. The number of hydrogen-bond acceptors (Lipinski definition) is 1. The van der Waals surface area contributed by atoms with Gasteiger partial charge in [0.1, 0.15) is 5.56 Å². The molecule has 2 rings (SSSR count). The van der Waals surface area contributed by atoms with Gasteiger partial charge in [0.25, 0.3) is 0 Å². The van der Waals surface area contributed by atoms with Crippen LogP contribution in [0.3, 0.4) is 0 Å². The average Bonchev–Trinajstić information content (AvgIpc) is 2.27. The van der Waals surface area contributed by atoms with Crippen LogP contribution in [0.4, 0.5) is 0 Å². The lowest BCUT2D eigenvalue weighted by atomic mass is 9.96. The Morgan fingerprint density at radius 3 is 2.93 bits per heavy atom. The van der Waals surface area contributed by atoms with Gasteiger partial charge in [0.05, 0.1) is 12.7 Å². The highest BCUT2D eigenvalue weighted by Gasteiger charge is 2.16. The van der Waals surface area contributed by atoms with Gasteiger partial charge in [0.2, 0.25) is 0 Å². The molecular formula is C12H12OSi. The van der Waals surface area contributed by atoms with Crippen molar-refractivity contribution in [3.63, 3.8) is 0 Å². The van der Waals surface area contributed by atoms with Gasteiger partial charge in [-0.25, -0.2) is 6.55 Å². The van der Waals surface area contributed by atoms with Crippen molar-refractivity contribution in [1.82, 2.24) is 0 Å². The summed E-state index contributed by atoms with van der Waals surface area (Å²) in [6, 6.07) is 6.18. The van der Waals surface area contributed by atoms with Crippen molar-refractivity contribution in [2.75, 3.05) is 7.11 Å². The fourth-order valence-corrected chi connectivity index (χ4v) is 2.47. The molecule has 1 nitrogen and oxygen atoms in total. The Morgan fingerprint density at radius 1 is 1.36 bits per heavy atom. The summed E-state index contributed by atoms with van der Waals surface area (Å²) >= 11 is 0. The molecule has 0 saturated heterocycles. The van der Waals surface area contributed by atoms with Crippen LogP contribution in [-0.2, 0) is 0 Å². The van der Waals surface area contributed by atoms with Crippen LogP contribution in [0, 0.1) is 6.42 Å². The van der Waals surface area contributed by atoms with E-state index in [2.05, 4.69) is 31.2 Å². The van der Waals surface area contributed by atoms with Crippen molar-refractivity contribution >= 4 is 14.3 Å². The number of benzene rings is 1. The van der Waals surface area contributed by atoms with Crippen LogP contribution in [-0.4, -0.2) is 21.4 Å². The van der Waals surface area contributed by atoms with Gasteiger partial charge in [0.15, 0.2) is 5.75 Å². The molecule has 0 aromatic heterocycles. The number of hydrogen-bond donors (Lipinski definition) is 0. The fraction of sp³-hybridized carbons (Fsp3) is 0.167. The molecule has 0 fully saturated rings. The Bertz CT molecular complexity index is 405. The third-order valence-corrected chi connectivity index (χ3v) is 3.31. The third kappa shape index (κ3) is 1.42. The Balaban J connectivity index is 2.62. The summed E-state index contributed by atoms with van der Waals surface area (Å²) in [7, 11) is 2.53. The molecule has 0 spiro atoms. The summed E-state index contributed by atoms with van der Waals surface area (Å²) in [5.74, 6) is 0.979. The molecule has 14 heavy (non-hydrogen) atoms. The molecule has 0 heterocycles. The zero-order valence-electron chi connectivity index (χ0n) is 8.37. The van der Waals surface area contributed by atoms with Crippen LogP contribution < -0.4 is 4.74 Å². The number of allylic oxidation sites excluding steroid dienone is 2. The van der Waals surface area contributed by atoms with E-state index in [0.29, 0.717) is 0 Å². The van der Waals surface area contributed by atoms with Crippen molar-refractivity contribution in [3.8, 4) is 5.75 Å². The molecule has 0 N–H and O–H groups in total. The minimum Gasteiger partial charge on any atom is -0.487 e. The molecule has 0 atom stereocenters. The molecule has 0 aliphatic heterocycles. The summed E-state index contributed by atoms with van der Waals surface area (Å²) in [5, 5.41) is 1.37. The Hall–Kier alpha value is -1.28. The van der Waals surface area contributed by atoms with Crippen LogP contribution >= 0.6 is 0 Å². The predicted molar refractivity (Wildman–Crippen MR) is 61.3 cm³/mol. The first-order valence-corrected chi connectivity index (χ1v) is 6.10. The number of fused-ring (bicyclic) bond motifs is 1. The normalized spacial score (nSPS) is 16.3. The number of rotatable bonds is 1. The predicted octanol–water partition coefficient (Wildman–Crippen LogP) is 2.09. The first-order chi connectivity index (χ1) is 6.86. The SMILES string of the molecule is COc1cccc2c1C(=[Si-]C)C=C[CH+]2. The zero-order chi connectivity index (χ0) is 9.97. The van der Waals surface area contributed by atoms with Crippen molar-refractivity contribution in [2.24, 2.45) is 0 Å². The standard InChI is InChI=1S/C12H12OSi/c1-13-10-7-3-5-9-6-4-8-11(14-2)12(9)10/h3-8H,1-2H3. The van der Waals surface area contributed by atoms with E-state index in [1.807, 2.05) is 12.1 Å². The highest BCUT2D eigenvalue weighted by molar-refractivity contribution is 6.60. The largest absolute Gasteiger partial charge is 0.487 e. The Labute approximate surface area is 86.9 Å². The summed E-state index contributed by atoms with van der Waals surface area (Å²) in [6.45, 7) is 2.20. The van der Waals surface area contributed by atoms with Gasteiger partial charge >= 0.3 is 0 Å². The number of ether oxygens (including phenoxy) is 1. The van der Waals surface area contributed by atoms with E-state index in [4.69, 9.17) is 4.74 Å². The van der Waals surface area contributed by atoms with Gasteiger partial charge < -0.3 is 13.9 Å². The summed E-state index contributed by atoms with van der Waals surface area (Å²) in [4.78, 5) is 0. The van der Waals surface area contributed by atoms with E-state index in [9.17, 15) is 0 Å². The van der Waals surface area contributed by atoms with Crippen molar-refractivity contribution < 1.29 is 4.74 Å². The highest BCUT2D eigenvalue weighted by Crippen LogP contribution is 2.27. The van der Waals surface area contributed by atoms with Gasteiger partial charge in [0, 0.05) is 24.6 Å². The highest BCUT2D eigenvalue weighted by atomic mass is 28.2. The minimum atomic E-state index is 0.803. The lowest BCUT2D eigenvalue weighted by Gasteiger charge is -2.15. The van der Waals surface area contributed by atoms with Crippen molar-refractivity contribution in [2.45, 2.75) is 6.55 Å². The molecule has 0 bridgehead atoms. The molecule has 70 valence electrons. The summed E-state index contributed by atoms with van der Waals surface area (Å²) < 4.78 is 5.37. The minimum absolute atomic E-state index is 0.803. The monoisotopic (exact) mass is 200 g/mol. The molecule has 1 aromatic rings. The van der Waals surface area contributed by atoms with E-state index in [0.717, 1.165) is 14.9 Å². The lowest BCUT2D eigenvalue weighted by Crippen LogP contribution is -2.10. The van der Waals surface area contributed by atoms with Crippen LogP contribution in [0.5, 0.6) is 5.75 Å². The van der Waals surface area contributed by atoms with E-state index >= 15 is 0 Å². The maximum absolute atomic E-state index is 5.37. The zero-order valence-corrected chi connectivity index (χ0v) is 9.37. The van der Waals surface area contributed by atoms with Crippen LogP contribution in [0.1, 0.15) is 11.1 Å². The smallest absolute Gasteiger partial charge is 0.168 e. The second-order valence-electron chi connectivity index (χ2n) is 3.11. The maximum atomic E-state index is 5.37. The summed E-state index contributed by atoms with van der Waals surface area (Å²) in [5.41, 5.74) is 2.52. The van der Waals surface area contributed by atoms with Gasteiger partial charge in [-0.3, -0.25) is 0 Å². The lowest BCUT2D eigenvalue weighted by molar-refractivity contribution is 0.414. The maximum Gasteiger partial charge on any atom is 0.168 e. The second-order valence-corrected chi connectivity index (χ2v) is 4.15. The van der Waals surface area contributed by atoms with Gasteiger partial charge in [-0.1, -0.05) is 0 Å². The average molecular weight is 200 g/mol. The molecule has 0 amide bonds. The van der Waals surface area contributed by atoms with Gasteiger partial charge in [-0.05, 0) is 12.1 Å². The van der Waals surface area contributed by atoms with E-state index < -0.39 is 0 Å². The quantitative estimate of drug-likeness (QED) is 0.498.